The molecule has 2 aromatic carbocycles. The second-order valence-corrected chi connectivity index (χ2v) is 5.56. The zero-order valence-electron chi connectivity index (χ0n) is 12.5. The van der Waals surface area contributed by atoms with Gasteiger partial charge in [0.15, 0.2) is 0 Å². The van der Waals surface area contributed by atoms with Gasteiger partial charge in [-0.15, -0.1) is 0 Å². The lowest BCUT2D eigenvalue weighted by atomic mass is 9.97. The molecule has 3 heteroatoms. The first-order valence-electron chi connectivity index (χ1n) is 7.32. The van der Waals surface area contributed by atoms with Gasteiger partial charge in [0.25, 0.3) is 0 Å². The highest BCUT2D eigenvalue weighted by Crippen LogP contribution is 2.21. The number of carbonyl (C=O) groups is 1. The molecule has 3 nitrogen and oxygen atoms in total. The third kappa shape index (κ3) is 4.95. The molecule has 2 aromatic rings. The van der Waals surface area contributed by atoms with E-state index >= 15 is 0 Å². The van der Waals surface area contributed by atoms with Crippen LogP contribution in [-0.4, -0.2) is 6.03 Å². The minimum absolute atomic E-state index is 0.0231. The molecule has 0 aliphatic rings. The van der Waals surface area contributed by atoms with E-state index < -0.39 is 0 Å². The number of hydrogen-bond acceptors (Lipinski definition) is 1. The van der Waals surface area contributed by atoms with Crippen LogP contribution in [0.2, 0.25) is 0 Å². The van der Waals surface area contributed by atoms with Gasteiger partial charge < -0.3 is 10.6 Å². The van der Waals surface area contributed by atoms with Crippen LogP contribution in [0.1, 0.15) is 31.9 Å². The van der Waals surface area contributed by atoms with E-state index in [-0.39, 0.29) is 12.1 Å². The van der Waals surface area contributed by atoms with Crippen molar-refractivity contribution in [3.05, 3.63) is 66.2 Å². The molecule has 0 fully saturated rings. The Hall–Kier alpha value is -2.29. The lowest BCUT2D eigenvalue weighted by Crippen LogP contribution is -2.33. The molecule has 0 unspecified atom stereocenters. The molecule has 21 heavy (non-hydrogen) atoms. The summed E-state index contributed by atoms with van der Waals surface area (Å²) in [5.74, 6) is 0.507. The van der Waals surface area contributed by atoms with Crippen LogP contribution in [0.5, 0.6) is 0 Å². The van der Waals surface area contributed by atoms with E-state index in [0.717, 1.165) is 17.7 Å². The van der Waals surface area contributed by atoms with Crippen LogP contribution in [-0.2, 0) is 0 Å². The van der Waals surface area contributed by atoms with Gasteiger partial charge in [0.05, 0.1) is 6.04 Å². The Morgan fingerprint density at radius 3 is 2.10 bits per heavy atom. The van der Waals surface area contributed by atoms with Crippen LogP contribution >= 0.6 is 0 Å². The number of carbonyl (C=O) groups excluding carboxylic acids is 1. The average Bonchev–Trinajstić information content (AvgIpc) is 2.48. The molecular formula is C18H22N2O. The Morgan fingerprint density at radius 1 is 0.952 bits per heavy atom. The summed E-state index contributed by atoms with van der Waals surface area (Å²) in [6.45, 7) is 4.32. The Kier molecular flexibility index (Phi) is 5.38. The number of nitrogens with one attached hydrogen (secondary N) is 2. The van der Waals surface area contributed by atoms with E-state index in [1.54, 1.807) is 0 Å². The van der Waals surface area contributed by atoms with E-state index in [2.05, 4.69) is 36.6 Å². The first kappa shape index (κ1) is 15.1. The minimum atomic E-state index is -0.171. The second kappa shape index (κ2) is 7.48. The predicted molar refractivity (Wildman–Crippen MR) is 87.2 cm³/mol. The summed E-state index contributed by atoms with van der Waals surface area (Å²) in [4.78, 5) is 12.2. The molecule has 0 bridgehead atoms. The van der Waals surface area contributed by atoms with E-state index in [0.29, 0.717) is 5.92 Å². The zero-order chi connectivity index (χ0) is 15.1. The van der Waals surface area contributed by atoms with Crippen molar-refractivity contribution in [1.82, 2.24) is 5.32 Å². The van der Waals surface area contributed by atoms with E-state index in [1.807, 2.05) is 48.5 Å². The molecular weight excluding hydrogens is 260 g/mol. The lowest BCUT2D eigenvalue weighted by molar-refractivity contribution is 0.246. The van der Waals surface area contributed by atoms with Gasteiger partial charge >= 0.3 is 6.03 Å². The highest BCUT2D eigenvalue weighted by atomic mass is 16.2. The Morgan fingerprint density at radius 2 is 1.52 bits per heavy atom. The van der Waals surface area contributed by atoms with Gasteiger partial charge in [-0.1, -0.05) is 62.4 Å². The Balaban J connectivity index is 2.03. The van der Waals surface area contributed by atoms with E-state index in [1.165, 1.54) is 0 Å². The molecule has 2 N–H and O–H groups in total. The zero-order valence-corrected chi connectivity index (χ0v) is 12.5. The topological polar surface area (TPSA) is 41.1 Å². The third-order valence-electron chi connectivity index (χ3n) is 3.25. The molecule has 2 amide bonds. The van der Waals surface area contributed by atoms with Crippen LogP contribution in [0.25, 0.3) is 0 Å². The minimum Gasteiger partial charge on any atom is -0.331 e. The van der Waals surface area contributed by atoms with Crippen molar-refractivity contribution in [2.24, 2.45) is 5.92 Å². The Bertz CT molecular complexity index is 552. The average molecular weight is 282 g/mol. The van der Waals surface area contributed by atoms with Crippen molar-refractivity contribution in [3.8, 4) is 0 Å². The van der Waals surface area contributed by atoms with Crippen molar-refractivity contribution in [3.63, 3.8) is 0 Å². The number of amides is 2. The van der Waals surface area contributed by atoms with Gasteiger partial charge in [0.2, 0.25) is 0 Å². The summed E-state index contributed by atoms with van der Waals surface area (Å²) >= 11 is 0. The number of anilines is 1. The van der Waals surface area contributed by atoms with Gasteiger partial charge in [0.1, 0.15) is 0 Å². The normalized spacial score (nSPS) is 12.0. The quantitative estimate of drug-likeness (QED) is 0.827. The van der Waals surface area contributed by atoms with E-state index in [9.17, 15) is 4.79 Å². The number of hydrogen-bond donors (Lipinski definition) is 2. The van der Waals surface area contributed by atoms with Gasteiger partial charge in [-0.25, -0.2) is 4.79 Å². The monoisotopic (exact) mass is 282 g/mol. The van der Waals surface area contributed by atoms with Gasteiger partial charge in [-0.3, -0.25) is 0 Å². The molecule has 0 aliphatic carbocycles. The van der Waals surface area contributed by atoms with Crippen LogP contribution in [0.3, 0.4) is 0 Å². The summed E-state index contributed by atoms with van der Waals surface area (Å²) in [6, 6.07) is 19.4. The first-order chi connectivity index (χ1) is 10.1. The molecule has 0 spiro atoms. The van der Waals surface area contributed by atoms with Gasteiger partial charge in [-0.05, 0) is 30.0 Å². The van der Waals surface area contributed by atoms with Gasteiger partial charge in [-0.2, -0.15) is 0 Å². The highest BCUT2D eigenvalue weighted by Gasteiger charge is 2.15. The fourth-order valence-corrected chi connectivity index (χ4v) is 2.28. The standard InChI is InChI=1S/C18H22N2O/c1-14(2)13-17(15-9-5-3-6-10-15)20-18(21)19-16-11-7-4-8-12-16/h3-12,14,17H,13H2,1-2H3,(H2,19,20,21)/t17-/m0/s1. The maximum atomic E-state index is 12.2. The van der Waals surface area contributed by atoms with Crippen LogP contribution in [0, 0.1) is 5.92 Å². The number of benzene rings is 2. The van der Waals surface area contributed by atoms with Gasteiger partial charge in [0, 0.05) is 5.69 Å². The molecule has 0 saturated carbocycles. The molecule has 2 rings (SSSR count). The number of para-hydroxylation sites is 1. The first-order valence-corrected chi connectivity index (χ1v) is 7.32. The molecule has 0 aliphatic heterocycles. The molecule has 0 aromatic heterocycles. The summed E-state index contributed by atoms with van der Waals surface area (Å²) in [5.41, 5.74) is 1.93. The smallest absolute Gasteiger partial charge is 0.319 e. The van der Waals surface area contributed by atoms with Crippen molar-refractivity contribution in [2.75, 3.05) is 5.32 Å². The van der Waals surface area contributed by atoms with Crippen molar-refractivity contribution >= 4 is 11.7 Å². The molecule has 0 heterocycles. The van der Waals surface area contributed by atoms with Crippen LogP contribution < -0.4 is 10.6 Å². The fraction of sp³-hybridized carbons (Fsp3) is 0.278. The maximum absolute atomic E-state index is 12.2. The maximum Gasteiger partial charge on any atom is 0.319 e. The summed E-state index contributed by atoms with van der Waals surface area (Å²) in [5, 5.41) is 5.93. The van der Waals surface area contributed by atoms with E-state index in [4.69, 9.17) is 0 Å². The third-order valence-corrected chi connectivity index (χ3v) is 3.25. The highest BCUT2D eigenvalue weighted by molar-refractivity contribution is 5.89. The second-order valence-electron chi connectivity index (χ2n) is 5.56. The molecule has 0 radical (unpaired) electrons. The molecule has 110 valence electrons. The van der Waals surface area contributed by atoms with Crippen molar-refractivity contribution in [1.29, 1.82) is 0 Å². The Labute approximate surface area is 126 Å². The largest absolute Gasteiger partial charge is 0.331 e. The lowest BCUT2D eigenvalue weighted by Gasteiger charge is -2.21. The van der Waals surface area contributed by atoms with Crippen LogP contribution in [0.4, 0.5) is 10.5 Å². The summed E-state index contributed by atoms with van der Waals surface area (Å²) in [7, 11) is 0. The number of rotatable bonds is 5. The molecule has 0 saturated heterocycles. The SMILES string of the molecule is CC(C)C[C@H](NC(=O)Nc1ccccc1)c1ccccc1. The summed E-state index contributed by atoms with van der Waals surface area (Å²) < 4.78 is 0. The predicted octanol–water partition coefficient (Wildman–Crippen LogP) is 4.60. The molecule has 1 atom stereocenters. The number of urea groups is 1. The van der Waals surface area contributed by atoms with Crippen molar-refractivity contribution in [2.45, 2.75) is 26.3 Å². The fourth-order valence-electron chi connectivity index (χ4n) is 2.28. The van der Waals surface area contributed by atoms with Crippen LogP contribution in [0.15, 0.2) is 60.7 Å². The van der Waals surface area contributed by atoms with Crippen molar-refractivity contribution < 1.29 is 4.79 Å². The summed E-state index contributed by atoms with van der Waals surface area (Å²) in [6.07, 6.45) is 0.909.